The Morgan fingerprint density at radius 2 is 0.844 bits per heavy atom. The molecule has 220 valence electrons. The molecule has 45 heavy (non-hydrogen) atoms. The van der Waals surface area contributed by atoms with Crippen LogP contribution >= 0.6 is 0 Å². The average Bonchev–Trinajstić information content (AvgIpc) is 3.10. The van der Waals surface area contributed by atoms with Crippen LogP contribution in [0.4, 0.5) is 0 Å². The van der Waals surface area contributed by atoms with E-state index in [0.717, 1.165) is 26.7 Å². The Kier molecular flexibility index (Phi) is 8.66. The first-order valence-electron chi connectivity index (χ1n) is 14.6. The molecule has 6 rings (SSSR count). The number of carboxylic acid groups (broad SMARTS) is 2. The highest BCUT2D eigenvalue weighted by atomic mass is 28.4. The molecular weight excluding hydrogens is 593 g/mol. The Labute approximate surface area is 265 Å². The molecule has 0 heterocycles. The van der Waals surface area contributed by atoms with Crippen molar-refractivity contribution in [1.82, 2.24) is 0 Å². The Balaban J connectivity index is 1.51. The van der Waals surface area contributed by atoms with Crippen molar-refractivity contribution in [3.8, 4) is 22.3 Å². The zero-order chi connectivity index (χ0) is 31.2. The van der Waals surface area contributed by atoms with Crippen LogP contribution in [0.2, 0.25) is 0 Å². The molecule has 0 unspecified atom stereocenters. The second-order valence-electron chi connectivity index (χ2n) is 10.7. The van der Waals surface area contributed by atoms with Gasteiger partial charge in [0.05, 0.1) is 11.1 Å². The standard InChI is InChI=1S/C38H30O5Si2/c39-37(40)35-17-9-7-15-33(35)27-19-23-31(24-20-27)45(30-13-5-2-6-14-30,43-44-29-11-3-1-4-12-29)32-25-21-28(22-26-32)34-16-8-10-18-36(34)38(41)42/h1-26H,44H2,(H,39,40)(H,41,42). The summed E-state index contributed by atoms with van der Waals surface area (Å²) in [4.78, 5) is 23.9. The van der Waals surface area contributed by atoms with Crippen LogP contribution in [0.3, 0.4) is 0 Å². The van der Waals surface area contributed by atoms with Crippen molar-refractivity contribution in [2.75, 3.05) is 0 Å². The molecular formula is C38H30O5Si2. The summed E-state index contributed by atoms with van der Waals surface area (Å²) in [6.07, 6.45) is 0. The van der Waals surface area contributed by atoms with E-state index in [0.29, 0.717) is 11.1 Å². The number of hydrogen-bond donors (Lipinski definition) is 2. The van der Waals surface area contributed by atoms with E-state index in [2.05, 4.69) is 48.5 Å². The monoisotopic (exact) mass is 622 g/mol. The second-order valence-corrected chi connectivity index (χ2v) is 16.0. The fourth-order valence-corrected chi connectivity index (χ4v) is 12.7. The van der Waals surface area contributed by atoms with Crippen LogP contribution in [0.25, 0.3) is 22.3 Å². The first-order valence-corrected chi connectivity index (χ1v) is 17.8. The van der Waals surface area contributed by atoms with Gasteiger partial charge in [-0.05, 0) is 55.1 Å². The summed E-state index contributed by atoms with van der Waals surface area (Å²) in [5.41, 5.74) is 3.44. The lowest BCUT2D eigenvalue weighted by molar-refractivity contribution is 0.0687. The molecule has 0 amide bonds. The zero-order valence-corrected chi connectivity index (χ0v) is 26.8. The van der Waals surface area contributed by atoms with Crippen LogP contribution in [-0.2, 0) is 4.12 Å². The van der Waals surface area contributed by atoms with Crippen LogP contribution in [0.15, 0.2) is 158 Å². The number of benzene rings is 6. The predicted octanol–water partition coefficient (Wildman–Crippen LogP) is 4.81. The van der Waals surface area contributed by atoms with Crippen molar-refractivity contribution >= 4 is 50.8 Å². The average molecular weight is 623 g/mol. The summed E-state index contributed by atoms with van der Waals surface area (Å²) in [6.45, 7) is 0. The van der Waals surface area contributed by atoms with Gasteiger partial charge >= 0.3 is 11.9 Å². The maximum absolute atomic E-state index is 12.0. The SMILES string of the molecule is O=C(O)c1ccccc1-c1ccc([Si](O[SiH2]c2ccccc2)(c2ccccc2)c2ccc(-c3ccccc3C(=O)O)cc2)cc1. The second kappa shape index (κ2) is 13.1. The highest BCUT2D eigenvalue weighted by molar-refractivity contribution is 7.09. The van der Waals surface area contributed by atoms with E-state index in [9.17, 15) is 19.8 Å². The molecule has 0 atom stereocenters. The lowest BCUT2D eigenvalue weighted by atomic mass is 10.00. The van der Waals surface area contributed by atoms with Gasteiger partial charge in [0.15, 0.2) is 9.76 Å². The van der Waals surface area contributed by atoms with E-state index in [1.807, 2.05) is 84.9 Å². The normalized spacial score (nSPS) is 11.5. The number of hydrogen-bond acceptors (Lipinski definition) is 3. The van der Waals surface area contributed by atoms with E-state index < -0.39 is 30.0 Å². The quantitative estimate of drug-likeness (QED) is 0.169. The molecule has 0 aliphatic rings. The number of rotatable bonds is 10. The van der Waals surface area contributed by atoms with Gasteiger partial charge < -0.3 is 14.3 Å². The van der Waals surface area contributed by atoms with Gasteiger partial charge in [0.2, 0.25) is 0 Å². The van der Waals surface area contributed by atoms with E-state index in [1.165, 1.54) is 5.19 Å². The van der Waals surface area contributed by atoms with E-state index >= 15 is 0 Å². The molecule has 0 aliphatic heterocycles. The largest absolute Gasteiger partial charge is 0.478 e. The molecule has 0 spiro atoms. The minimum atomic E-state index is -3.10. The molecule has 0 aliphatic carbocycles. The summed E-state index contributed by atoms with van der Waals surface area (Å²) in [5, 5.41) is 23.9. The van der Waals surface area contributed by atoms with Crippen molar-refractivity contribution in [2.45, 2.75) is 0 Å². The molecule has 2 N–H and O–H groups in total. The van der Waals surface area contributed by atoms with Crippen molar-refractivity contribution in [1.29, 1.82) is 0 Å². The molecule has 6 aromatic carbocycles. The van der Waals surface area contributed by atoms with Gasteiger partial charge in [0.1, 0.15) is 0 Å². The van der Waals surface area contributed by atoms with E-state index in [4.69, 9.17) is 4.12 Å². The van der Waals surface area contributed by atoms with Gasteiger partial charge in [-0.25, -0.2) is 9.59 Å². The van der Waals surface area contributed by atoms with Gasteiger partial charge in [-0.1, -0.05) is 146 Å². The van der Waals surface area contributed by atoms with Gasteiger partial charge in [0.25, 0.3) is 8.32 Å². The van der Waals surface area contributed by atoms with E-state index in [-0.39, 0.29) is 11.1 Å². The molecule has 5 nitrogen and oxygen atoms in total. The lowest BCUT2D eigenvalue weighted by Gasteiger charge is -2.34. The highest BCUT2D eigenvalue weighted by Gasteiger charge is 2.41. The maximum atomic E-state index is 12.0. The van der Waals surface area contributed by atoms with E-state index in [1.54, 1.807) is 24.3 Å². The third kappa shape index (κ3) is 6.05. The molecule has 7 heteroatoms. The van der Waals surface area contributed by atoms with Crippen LogP contribution in [0.1, 0.15) is 20.7 Å². The van der Waals surface area contributed by atoms with Crippen molar-refractivity contribution in [3.05, 3.63) is 169 Å². The van der Waals surface area contributed by atoms with Gasteiger partial charge in [-0.15, -0.1) is 0 Å². The zero-order valence-electron chi connectivity index (χ0n) is 24.3. The first kappa shape index (κ1) is 29.7. The molecule has 0 fully saturated rings. The summed E-state index contributed by atoms with van der Waals surface area (Å²) < 4.78 is 7.28. The topological polar surface area (TPSA) is 83.8 Å². The fraction of sp³-hybridized carbons (Fsp3) is 0. The maximum Gasteiger partial charge on any atom is 0.336 e. The van der Waals surface area contributed by atoms with Crippen molar-refractivity contribution in [3.63, 3.8) is 0 Å². The van der Waals surface area contributed by atoms with Crippen LogP contribution in [-0.4, -0.2) is 40.2 Å². The van der Waals surface area contributed by atoms with Gasteiger partial charge in [0, 0.05) is 0 Å². The molecule has 0 bridgehead atoms. The van der Waals surface area contributed by atoms with Gasteiger partial charge in [-0.3, -0.25) is 0 Å². The minimum Gasteiger partial charge on any atom is -0.478 e. The highest BCUT2D eigenvalue weighted by Crippen LogP contribution is 2.26. The fourth-order valence-electron chi connectivity index (χ4n) is 5.80. The Bertz CT molecular complexity index is 1840. The van der Waals surface area contributed by atoms with Crippen molar-refractivity contribution < 1.29 is 23.9 Å². The summed E-state index contributed by atoms with van der Waals surface area (Å²) in [6, 6.07) is 50.8. The molecule has 0 aromatic heterocycles. The third-order valence-electron chi connectivity index (χ3n) is 8.00. The smallest absolute Gasteiger partial charge is 0.336 e. The summed E-state index contributed by atoms with van der Waals surface area (Å²) in [7, 11) is -4.29. The molecule has 0 saturated heterocycles. The number of aromatic carboxylic acids is 2. The Morgan fingerprint density at radius 3 is 1.29 bits per heavy atom. The number of carboxylic acids is 2. The molecule has 0 radical (unpaired) electrons. The van der Waals surface area contributed by atoms with Crippen molar-refractivity contribution in [2.24, 2.45) is 0 Å². The number of carbonyl (C=O) groups is 2. The summed E-state index contributed by atoms with van der Waals surface area (Å²) >= 11 is 0. The Morgan fingerprint density at radius 1 is 0.467 bits per heavy atom. The van der Waals surface area contributed by atoms with Crippen LogP contribution in [0, 0.1) is 0 Å². The first-order chi connectivity index (χ1) is 22.0. The molecule has 6 aromatic rings. The van der Waals surface area contributed by atoms with Crippen LogP contribution in [0.5, 0.6) is 0 Å². The van der Waals surface area contributed by atoms with Crippen LogP contribution < -0.4 is 20.7 Å². The minimum absolute atomic E-state index is 0.252. The summed E-state index contributed by atoms with van der Waals surface area (Å²) in [5.74, 6) is -1.94. The Hall–Kier alpha value is -5.35. The predicted molar refractivity (Wildman–Crippen MR) is 184 cm³/mol. The lowest BCUT2D eigenvalue weighted by Crippen LogP contribution is -2.70. The molecule has 0 saturated carbocycles. The van der Waals surface area contributed by atoms with Gasteiger partial charge in [-0.2, -0.15) is 0 Å². The third-order valence-corrected chi connectivity index (χ3v) is 14.6.